The third-order valence-corrected chi connectivity index (χ3v) is 2.24. The summed E-state index contributed by atoms with van der Waals surface area (Å²) in [5.74, 6) is 0.366. The van der Waals surface area contributed by atoms with Crippen molar-refractivity contribution in [3.05, 3.63) is 0 Å². The van der Waals surface area contributed by atoms with Crippen molar-refractivity contribution < 1.29 is 13.9 Å². The summed E-state index contributed by atoms with van der Waals surface area (Å²) in [7, 11) is 0. The lowest BCUT2D eigenvalue weighted by Gasteiger charge is -2.09. The molecule has 2 rings (SSSR count). The fourth-order valence-corrected chi connectivity index (χ4v) is 1.64. The van der Waals surface area contributed by atoms with Crippen molar-refractivity contribution in [2.45, 2.75) is 25.3 Å². The molecule has 0 amide bonds. The zero-order valence-electron chi connectivity index (χ0n) is 5.92. The van der Waals surface area contributed by atoms with Crippen molar-refractivity contribution in [1.82, 2.24) is 0 Å². The SMILES string of the molecule is CC1COC2C(F)COC12. The number of rotatable bonds is 0. The van der Waals surface area contributed by atoms with E-state index >= 15 is 0 Å². The highest BCUT2D eigenvalue weighted by atomic mass is 19.1. The van der Waals surface area contributed by atoms with Gasteiger partial charge in [0, 0.05) is 5.92 Å². The molecule has 2 aliphatic rings. The van der Waals surface area contributed by atoms with E-state index in [1.54, 1.807) is 0 Å². The smallest absolute Gasteiger partial charge is 0.152 e. The van der Waals surface area contributed by atoms with Crippen LogP contribution >= 0.6 is 0 Å². The van der Waals surface area contributed by atoms with Gasteiger partial charge >= 0.3 is 0 Å². The Morgan fingerprint density at radius 1 is 1.20 bits per heavy atom. The topological polar surface area (TPSA) is 18.5 Å². The van der Waals surface area contributed by atoms with Gasteiger partial charge in [0.2, 0.25) is 0 Å². The molecule has 2 aliphatic heterocycles. The third-order valence-electron chi connectivity index (χ3n) is 2.24. The first kappa shape index (κ1) is 6.55. The zero-order valence-corrected chi connectivity index (χ0v) is 5.92. The first-order valence-electron chi connectivity index (χ1n) is 3.66. The van der Waals surface area contributed by atoms with Crippen LogP contribution in [0.4, 0.5) is 4.39 Å². The quantitative estimate of drug-likeness (QED) is 0.502. The lowest BCUT2D eigenvalue weighted by atomic mass is 10.0. The molecule has 2 fully saturated rings. The van der Waals surface area contributed by atoms with Crippen LogP contribution in [0.25, 0.3) is 0 Å². The third kappa shape index (κ3) is 0.772. The summed E-state index contributed by atoms with van der Waals surface area (Å²) in [5.41, 5.74) is 0. The number of halogens is 1. The average Bonchev–Trinajstić information content (AvgIpc) is 2.41. The van der Waals surface area contributed by atoms with Crippen LogP contribution in [-0.2, 0) is 9.47 Å². The van der Waals surface area contributed by atoms with Crippen LogP contribution in [0.1, 0.15) is 6.92 Å². The molecule has 4 unspecified atom stereocenters. The molecule has 0 aromatic carbocycles. The zero-order chi connectivity index (χ0) is 7.14. The van der Waals surface area contributed by atoms with Gasteiger partial charge in [-0.15, -0.1) is 0 Å². The van der Waals surface area contributed by atoms with Gasteiger partial charge in [0.05, 0.1) is 19.3 Å². The van der Waals surface area contributed by atoms with Gasteiger partial charge in [-0.3, -0.25) is 0 Å². The fourth-order valence-electron chi connectivity index (χ4n) is 1.64. The molecule has 10 heavy (non-hydrogen) atoms. The Morgan fingerprint density at radius 2 is 1.90 bits per heavy atom. The van der Waals surface area contributed by atoms with E-state index in [-0.39, 0.29) is 18.8 Å². The Hall–Kier alpha value is -0.150. The number of alkyl halides is 1. The van der Waals surface area contributed by atoms with Crippen LogP contribution in [0.5, 0.6) is 0 Å². The standard InChI is InChI=1S/C7H11FO2/c1-4-2-9-7-5(8)3-10-6(4)7/h4-7H,2-3H2,1H3. The average molecular weight is 146 g/mol. The predicted molar refractivity (Wildman–Crippen MR) is 33.5 cm³/mol. The maximum atomic E-state index is 12.8. The monoisotopic (exact) mass is 146 g/mol. The lowest BCUT2D eigenvalue weighted by Crippen LogP contribution is -2.25. The van der Waals surface area contributed by atoms with E-state index in [1.807, 2.05) is 6.92 Å². The largest absolute Gasteiger partial charge is 0.372 e. The van der Waals surface area contributed by atoms with Gasteiger partial charge in [-0.1, -0.05) is 6.92 Å². The summed E-state index contributed by atoms with van der Waals surface area (Å²) in [5, 5.41) is 0. The van der Waals surface area contributed by atoms with E-state index < -0.39 is 6.17 Å². The summed E-state index contributed by atoms with van der Waals surface area (Å²) in [6.07, 6.45) is -1.14. The number of hydrogen-bond donors (Lipinski definition) is 0. The van der Waals surface area contributed by atoms with Crippen molar-refractivity contribution in [3.63, 3.8) is 0 Å². The Labute approximate surface area is 59.3 Å². The highest BCUT2D eigenvalue weighted by Gasteiger charge is 2.45. The molecule has 0 radical (unpaired) electrons. The molecule has 0 bridgehead atoms. The number of hydrogen-bond acceptors (Lipinski definition) is 2. The van der Waals surface area contributed by atoms with Crippen molar-refractivity contribution in [2.75, 3.05) is 13.2 Å². The van der Waals surface area contributed by atoms with Crippen LogP contribution < -0.4 is 0 Å². The predicted octanol–water partition coefficient (Wildman–Crippen LogP) is 0.758. The first-order valence-corrected chi connectivity index (χ1v) is 3.66. The summed E-state index contributed by atoms with van der Waals surface area (Å²) in [4.78, 5) is 0. The lowest BCUT2D eigenvalue weighted by molar-refractivity contribution is 0.0542. The van der Waals surface area contributed by atoms with Crippen LogP contribution in [0, 0.1) is 5.92 Å². The second-order valence-corrected chi connectivity index (χ2v) is 3.09. The molecular formula is C7H11FO2. The molecule has 0 aliphatic carbocycles. The van der Waals surface area contributed by atoms with E-state index in [2.05, 4.69) is 0 Å². The van der Waals surface area contributed by atoms with Gasteiger partial charge in [-0.05, 0) is 0 Å². The van der Waals surface area contributed by atoms with Crippen molar-refractivity contribution in [2.24, 2.45) is 5.92 Å². The maximum Gasteiger partial charge on any atom is 0.152 e. The molecule has 0 N–H and O–H groups in total. The molecule has 2 nitrogen and oxygen atoms in total. The van der Waals surface area contributed by atoms with Gasteiger partial charge in [-0.2, -0.15) is 0 Å². The summed E-state index contributed by atoms with van der Waals surface area (Å²) >= 11 is 0. The van der Waals surface area contributed by atoms with Gasteiger partial charge in [0.25, 0.3) is 0 Å². The van der Waals surface area contributed by atoms with Crippen molar-refractivity contribution in [1.29, 1.82) is 0 Å². The van der Waals surface area contributed by atoms with E-state index in [0.717, 1.165) is 0 Å². The first-order chi connectivity index (χ1) is 4.79. The van der Waals surface area contributed by atoms with Gasteiger partial charge in [0.15, 0.2) is 6.17 Å². The van der Waals surface area contributed by atoms with E-state index in [1.165, 1.54) is 0 Å². The van der Waals surface area contributed by atoms with Crippen molar-refractivity contribution in [3.8, 4) is 0 Å². The molecule has 3 heteroatoms. The van der Waals surface area contributed by atoms with Crippen molar-refractivity contribution >= 4 is 0 Å². The summed E-state index contributed by atoms with van der Waals surface area (Å²) < 4.78 is 23.2. The number of ether oxygens (including phenoxy) is 2. The van der Waals surface area contributed by atoms with Crippen LogP contribution in [0.3, 0.4) is 0 Å². The molecule has 0 aromatic rings. The van der Waals surface area contributed by atoms with E-state index in [0.29, 0.717) is 12.5 Å². The van der Waals surface area contributed by atoms with Gasteiger partial charge in [-0.25, -0.2) is 4.39 Å². The minimum atomic E-state index is -0.894. The molecular weight excluding hydrogens is 135 g/mol. The van der Waals surface area contributed by atoms with Crippen LogP contribution in [-0.4, -0.2) is 31.6 Å². The molecule has 0 aromatic heterocycles. The molecule has 58 valence electrons. The minimum Gasteiger partial charge on any atom is -0.372 e. The Morgan fingerprint density at radius 3 is 2.60 bits per heavy atom. The summed E-state index contributed by atoms with van der Waals surface area (Å²) in [6.45, 7) is 2.90. The highest BCUT2D eigenvalue weighted by Crippen LogP contribution is 2.31. The molecule has 0 saturated carbocycles. The van der Waals surface area contributed by atoms with E-state index in [9.17, 15) is 4.39 Å². The van der Waals surface area contributed by atoms with Gasteiger partial charge < -0.3 is 9.47 Å². The van der Waals surface area contributed by atoms with Crippen LogP contribution in [0.15, 0.2) is 0 Å². The molecule has 2 heterocycles. The number of fused-ring (bicyclic) bond motifs is 1. The second-order valence-electron chi connectivity index (χ2n) is 3.09. The molecule has 4 atom stereocenters. The highest BCUT2D eigenvalue weighted by molar-refractivity contribution is 4.92. The maximum absolute atomic E-state index is 12.8. The fraction of sp³-hybridized carbons (Fsp3) is 1.00. The normalized spacial score (nSPS) is 53.4. The molecule has 2 saturated heterocycles. The van der Waals surface area contributed by atoms with E-state index in [4.69, 9.17) is 9.47 Å². The van der Waals surface area contributed by atoms with Crippen LogP contribution in [0.2, 0.25) is 0 Å². The minimum absolute atomic E-state index is 0.0231. The molecule has 0 spiro atoms. The Balaban J connectivity index is 2.09. The van der Waals surface area contributed by atoms with Gasteiger partial charge in [0.1, 0.15) is 6.10 Å². The Kier molecular flexibility index (Phi) is 1.42. The Bertz CT molecular complexity index is 124. The second kappa shape index (κ2) is 2.17. The summed E-state index contributed by atoms with van der Waals surface area (Å²) in [6, 6.07) is 0.